The summed E-state index contributed by atoms with van der Waals surface area (Å²) >= 11 is 10.5. The Labute approximate surface area is 112 Å². The molecule has 1 N–H and O–H groups in total. The fraction of sp³-hybridized carbons (Fsp3) is 0.600. The van der Waals surface area contributed by atoms with E-state index in [0.717, 1.165) is 11.9 Å². The largest absolute Gasteiger partial charge is 0.315 e. The van der Waals surface area contributed by atoms with Crippen LogP contribution >= 0.6 is 59.7 Å². The first-order chi connectivity index (χ1) is 6.31. The zero-order valence-corrected chi connectivity index (χ0v) is 13.4. The summed E-state index contributed by atoms with van der Waals surface area (Å²) in [7, 11) is -1.68. The summed E-state index contributed by atoms with van der Waals surface area (Å²) in [5.41, 5.74) is 2.77. The molecule has 1 rings (SSSR count). The van der Waals surface area contributed by atoms with Crippen LogP contribution in [0, 0.1) is 0 Å². The van der Waals surface area contributed by atoms with Gasteiger partial charge in [-0.15, -0.1) is 0 Å². The van der Waals surface area contributed by atoms with Crippen molar-refractivity contribution in [1.82, 2.24) is 9.84 Å². The second-order valence-corrected chi connectivity index (χ2v) is 11.4. The number of nitrogens with zero attached hydrogens (tertiary/aromatic N) is 1. The van der Waals surface area contributed by atoms with Crippen LogP contribution in [0.15, 0.2) is 10.4 Å². The highest BCUT2D eigenvalue weighted by Gasteiger charge is 2.42. The van der Waals surface area contributed by atoms with E-state index in [2.05, 4.69) is 53.2 Å². The molecular weight excluding hydrogens is 424 g/mol. The predicted molar refractivity (Wildman–Crippen MR) is 69.9 cm³/mol. The third kappa shape index (κ3) is 2.49. The molecule has 0 atom stereocenters. The SMILES string of the molecule is CN1NC=C(S(=O)(=O)C(Br)(Br)CBr)S1. The molecule has 4 nitrogen and oxygen atoms in total. The van der Waals surface area contributed by atoms with E-state index in [-0.39, 0.29) is 9.57 Å². The Kier molecular flexibility index (Phi) is 4.39. The molecule has 0 fully saturated rings. The van der Waals surface area contributed by atoms with E-state index < -0.39 is 12.4 Å². The minimum Gasteiger partial charge on any atom is -0.315 e. The van der Waals surface area contributed by atoms with Gasteiger partial charge < -0.3 is 5.43 Å². The summed E-state index contributed by atoms with van der Waals surface area (Å²) in [6.07, 6.45) is 1.46. The van der Waals surface area contributed by atoms with Crippen LogP contribution in [-0.2, 0) is 9.84 Å². The van der Waals surface area contributed by atoms with Gasteiger partial charge >= 0.3 is 0 Å². The fourth-order valence-corrected chi connectivity index (χ4v) is 5.55. The van der Waals surface area contributed by atoms with E-state index in [1.165, 1.54) is 6.20 Å². The Bertz CT molecular complexity index is 354. The van der Waals surface area contributed by atoms with Crippen molar-refractivity contribution >= 4 is 69.6 Å². The molecule has 0 bridgehead atoms. The molecule has 0 aromatic rings. The molecule has 0 saturated carbocycles. The van der Waals surface area contributed by atoms with Gasteiger partial charge in [-0.25, -0.2) is 8.42 Å². The number of halogens is 3. The van der Waals surface area contributed by atoms with E-state index in [9.17, 15) is 8.42 Å². The number of hydrogen-bond donors (Lipinski definition) is 1. The zero-order valence-electron chi connectivity index (χ0n) is 7.00. The fourth-order valence-electron chi connectivity index (χ4n) is 0.677. The van der Waals surface area contributed by atoms with Crippen LogP contribution in [0.25, 0.3) is 0 Å². The first-order valence-corrected chi connectivity index (χ1v) is 8.34. The van der Waals surface area contributed by atoms with Crippen molar-refractivity contribution in [3.8, 4) is 0 Å². The van der Waals surface area contributed by atoms with Crippen LogP contribution in [0.2, 0.25) is 0 Å². The maximum atomic E-state index is 12.0. The lowest BCUT2D eigenvalue weighted by Crippen LogP contribution is -2.27. The summed E-state index contributed by atoms with van der Waals surface area (Å²) in [6.45, 7) is 0. The monoisotopic (exact) mass is 428 g/mol. The highest BCUT2D eigenvalue weighted by atomic mass is 79.9. The lowest BCUT2D eigenvalue weighted by atomic mass is 11.0. The molecule has 14 heavy (non-hydrogen) atoms. The number of hydrogen-bond acceptors (Lipinski definition) is 5. The van der Waals surface area contributed by atoms with Gasteiger partial charge in [0.05, 0.1) is 0 Å². The molecule has 0 aromatic heterocycles. The van der Waals surface area contributed by atoms with Crippen molar-refractivity contribution in [2.45, 2.75) is 2.57 Å². The van der Waals surface area contributed by atoms with E-state index in [1.54, 1.807) is 11.5 Å². The number of alkyl halides is 3. The third-order valence-corrected chi connectivity index (χ3v) is 10.4. The summed E-state index contributed by atoms with van der Waals surface area (Å²) in [6, 6.07) is 0. The second-order valence-electron chi connectivity index (χ2n) is 2.46. The molecule has 1 heterocycles. The predicted octanol–water partition coefficient (Wildman–Crippen LogP) is 2.14. The van der Waals surface area contributed by atoms with Gasteiger partial charge in [-0.1, -0.05) is 47.8 Å². The molecule has 0 aliphatic carbocycles. The Morgan fingerprint density at radius 1 is 1.64 bits per heavy atom. The van der Waals surface area contributed by atoms with Gasteiger partial charge in [0.1, 0.15) is 4.24 Å². The molecule has 0 unspecified atom stereocenters. The van der Waals surface area contributed by atoms with Crippen molar-refractivity contribution in [3.05, 3.63) is 10.4 Å². The van der Waals surface area contributed by atoms with Crippen LogP contribution in [0.3, 0.4) is 0 Å². The Morgan fingerprint density at radius 3 is 2.57 bits per heavy atom. The molecule has 0 radical (unpaired) electrons. The Morgan fingerprint density at radius 2 is 2.21 bits per heavy atom. The molecule has 1 aliphatic heterocycles. The second kappa shape index (κ2) is 4.62. The highest BCUT2D eigenvalue weighted by molar-refractivity contribution is 9.28. The molecule has 0 saturated heterocycles. The average Bonchev–Trinajstić information content (AvgIpc) is 2.52. The van der Waals surface area contributed by atoms with Crippen molar-refractivity contribution in [1.29, 1.82) is 0 Å². The Balaban J connectivity index is 2.98. The lowest BCUT2D eigenvalue weighted by Gasteiger charge is -2.18. The molecule has 9 heteroatoms. The number of rotatable bonds is 3. The van der Waals surface area contributed by atoms with Gasteiger partial charge in [0.15, 0.2) is 2.57 Å². The quantitative estimate of drug-likeness (QED) is 0.549. The van der Waals surface area contributed by atoms with Crippen LogP contribution in [-0.4, -0.2) is 27.8 Å². The normalized spacial score (nSPS) is 19.3. The first kappa shape index (κ1) is 13.3. The van der Waals surface area contributed by atoms with Gasteiger partial charge in [-0.05, 0) is 11.9 Å². The average molecular weight is 431 g/mol. The smallest absolute Gasteiger partial charge is 0.213 e. The van der Waals surface area contributed by atoms with Gasteiger partial charge in [-0.3, -0.25) is 0 Å². The first-order valence-electron chi connectivity index (χ1n) is 3.38. The molecule has 82 valence electrons. The molecular formula is C5H7Br3N2O2S2. The van der Waals surface area contributed by atoms with Gasteiger partial charge in [0.25, 0.3) is 0 Å². The van der Waals surface area contributed by atoms with Crippen LogP contribution in [0.1, 0.15) is 0 Å². The van der Waals surface area contributed by atoms with Crippen molar-refractivity contribution in [2.24, 2.45) is 0 Å². The minimum atomic E-state index is -3.41. The summed E-state index contributed by atoms with van der Waals surface area (Å²) < 4.78 is 24.6. The van der Waals surface area contributed by atoms with Crippen LogP contribution < -0.4 is 5.43 Å². The van der Waals surface area contributed by atoms with Gasteiger partial charge in [0.2, 0.25) is 9.84 Å². The summed E-state index contributed by atoms with van der Waals surface area (Å²) in [4.78, 5) is 0. The van der Waals surface area contributed by atoms with Crippen molar-refractivity contribution < 1.29 is 8.42 Å². The number of sulfone groups is 1. The van der Waals surface area contributed by atoms with E-state index in [1.807, 2.05) is 0 Å². The zero-order chi connectivity index (χ0) is 11.0. The lowest BCUT2D eigenvalue weighted by molar-refractivity contribution is 0.505. The highest BCUT2D eigenvalue weighted by Crippen LogP contribution is 2.43. The maximum Gasteiger partial charge on any atom is 0.213 e. The van der Waals surface area contributed by atoms with Crippen LogP contribution in [0.4, 0.5) is 0 Å². The molecule has 0 amide bonds. The number of nitrogens with one attached hydrogen (secondary N) is 1. The summed E-state index contributed by atoms with van der Waals surface area (Å²) in [5, 5.41) is 0.254. The van der Waals surface area contributed by atoms with Gasteiger partial charge in [-0.2, -0.15) is 4.41 Å². The van der Waals surface area contributed by atoms with Crippen molar-refractivity contribution in [2.75, 3.05) is 12.4 Å². The molecule has 0 aromatic carbocycles. The summed E-state index contributed by atoms with van der Waals surface area (Å²) in [5.74, 6) is 0. The van der Waals surface area contributed by atoms with E-state index in [4.69, 9.17) is 0 Å². The Hall–Kier alpha value is 1.24. The minimum absolute atomic E-state index is 0.254. The standard InChI is InChI=1S/C5H7Br3N2O2S2/c1-10-9-2-4(13-10)14(11,12)5(7,8)3-6/h2,9H,3H2,1H3. The molecule has 0 spiro atoms. The van der Waals surface area contributed by atoms with E-state index >= 15 is 0 Å². The van der Waals surface area contributed by atoms with Gasteiger partial charge in [0, 0.05) is 18.6 Å². The van der Waals surface area contributed by atoms with Crippen LogP contribution in [0.5, 0.6) is 0 Å². The number of hydrazine groups is 1. The molecule has 1 aliphatic rings. The topological polar surface area (TPSA) is 49.4 Å². The maximum absolute atomic E-state index is 12.0. The van der Waals surface area contributed by atoms with Crippen molar-refractivity contribution in [3.63, 3.8) is 0 Å². The third-order valence-electron chi connectivity index (χ3n) is 1.40. The van der Waals surface area contributed by atoms with E-state index in [0.29, 0.717) is 0 Å².